The molecular weight excluding hydrogens is 550 g/mol. The highest BCUT2D eigenvalue weighted by Crippen LogP contribution is 2.29. The molecule has 7 nitrogen and oxygen atoms in total. The molecule has 2 unspecified atom stereocenters. The molecule has 0 spiro atoms. The van der Waals surface area contributed by atoms with Crippen LogP contribution in [0.4, 0.5) is 10.5 Å². The van der Waals surface area contributed by atoms with E-state index in [0.717, 1.165) is 53.1 Å². The van der Waals surface area contributed by atoms with Crippen LogP contribution in [-0.2, 0) is 14.3 Å². The molecular formula is C37H51N3O4. The maximum Gasteiger partial charge on any atom is 0.408 e. The topological polar surface area (TPSA) is 87.7 Å². The molecule has 0 aliphatic heterocycles. The number of benzene rings is 3. The van der Waals surface area contributed by atoms with Crippen LogP contribution in [0, 0.1) is 19.8 Å². The van der Waals surface area contributed by atoms with E-state index in [4.69, 9.17) is 4.74 Å². The van der Waals surface area contributed by atoms with Crippen molar-refractivity contribution >= 4 is 34.4 Å². The number of alkyl carbamates (subject to hydrolysis) is 1. The van der Waals surface area contributed by atoms with E-state index < -0.39 is 23.8 Å². The van der Waals surface area contributed by atoms with Gasteiger partial charge in [0.2, 0.25) is 5.91 Å². The Balaban J connectivity index is 2.07. The summed E-state index contributed by atoms with van der Waals surface area (Å²) in [4.78, 5) is 43.5. The lowest BCUT2D eigenvalue weighted by atomic mass is 9.96. The number of unbranched alkanes of at least 4 members (excludes halogenated alkanes) is 3. The van der Waals surface area contributed by atoms with Crippen molar-refractivity contribution in [3.05, 3.63) is 77.4 Å². The quantitative estimate of drug-likeness (QED) is 0.192. The fraction of sp³-hybridized carbons (Fsp3) is 0.486. The Labute approximate surface area is 263 Å². The predicted octanol–water partition coefficient (Wildman–Crippen LogP) is 8.48. The van der Waals surface area contributed by atoms with E-state index in [0.29, 0.717) is 18.7 Å². The summed E-state index contributed by atoms with van der Waals surface area (Å²) < 4.78 is 5.53. The first-order chi connectivity index (χ1) is 20.8. The molecule has 0 saturated carbocycles. The van der Waals surface area contributed by atoms with E-state index >= 15 is 0 Å². The zero-order chi connectivity index (χ0) is 32.4. The van der Waals surface area contributed by atoms with Gasteiger partial charge in [0.1, 0.15) is 17.7 Å². The third-order valence-corrected chi connectivity index (χ3v) is 7.37. The van der Waals surface area contributed by atoms with Gasteiger partial charge in [-0.05, 0) is 81.8 Å². The summed E-state index contributed by atoms with van der Waals surface area (Å²) >= 11 is 0. The Morgan fingerprint density at radius 3 is 2.14 bits per heavy atom. The molecule has 2 atom stereocenters. The van der Waals surface area contributed by atoms with Gasteiger partial charge in [0, 0.05) is 12.2 Å². The number of ether oxygens (including phenoxy) is 1. The third kappa shape index (κ3) is 10.4. The summed E-state index contributed by atoms with van der Waals surface area (Å²) in [6.45, 7) is 15.9. The Bertz CT molecular complexity index is 1410. The van der Waals surface area contributed by atoms with Gasteiger partial charge in [0.05, 0.1) is 0 Å². The second-order valence-electron chi connectivity index (χ2n) is 13.3. The maximum atomic E-state index is 14.5. The summed E-state index contributed by atoms with van der Waals surface area (Å²) in [5.41, 5.74) is 2.70. The average molecular weight is 602 g/mol. The van der Waals surface area contributed by atoms with Crippen LogP contribution in [0.15, 0.2) is 60.7 Å². The lowest BCUT2D eigenvalue weighted by Crippen LogP contribution is -2.53. The van der Waals surface area contributed by atoms with Crippen molar-refractivity contribution in [2.75, 3.05) is 11.9 Å². The molecule has 3 rings (SSSR count). The van der Waals surface area contributed by atoms with Gasteiger partial charge in [-0.15, -0.1) is 0 Å². The van der Waals surface area contributed by atoms with Crippen LogP contribution in [-0.4, -0.2) is 41.0 Å². The number of nitrogens with one attached hydrogen (secondary N) is 2. The van der Waals surface area contributed by atoms with Crippen LogP contribution in [0.1, 0.15) is 96.4 Å². The molecule has 0 aliphatic rings. The molecule has 0 aromatic heterocycles. The minimum absolute atomic E-state index is 0.118. The molecule has 3 aromatic rings. The molecule has 0 bridgehead atoms. The van der Waals surface area contributed by atoms with Gasteiger partial charge < -0.3 is 20.3 Å². The molecule has 7 heteroatoms. The first kappa shape index (κ1) is 34.6. The highest BCUT2D eigenvalue weighted by atomic mass is 16.6. The van der Waals surface area contributed by atoms with Gasteiger partial charge >= 0.3 is 6.09 Å². The molecule has 0 saturated heterocycles. The zero-order valence-corrected chi connectivity index (χ0v) is 27.8. The van der Waals surface area contributed by atoms with E-state index in [2.05, 4.69) is 23.6 Å². The Morgan fingerprint density at radius 2 is 1.52 bits per heavy atom. The van der Waals surface area contributed by atoms with Gasteiger partial charge in [-0.3, -0.25) is 9.59 Å². The smallest absolute Gasteiger partial charge is 0.408 e. The second kappa shape index (κ2) is 15.7. The second-order valence-corrected chi connectivity index (χ2v) is 13.3. The van der Waals surface area contributed by atoms with Gasteiger partial charge in [-0.1, -0.05) is 99.7 Å². The van der Waals surface area contributed by atoms with Crippen LogP contribution in [0.25, 0.3) is 10.8 Å². The summed E-state index contributed by atoms with van der Waals surface area (Å²) in [6.07, 6.45) is 3.52. The van der Waals surface area contributed by atoms with Crippen molar-refractivity contribution in [1.29, 1.82) is 0 Å². The molecule has 44 heavy (non-hydrogen) atoms. The van der Waals surface area contributed by atoms with Crippen molar-refractivity contribution in [1.82, 2.24) is 10.2 Å². The molecule has 0 radical (unpaired) electrons. The van der Waals surface area contributed by atoms with Crippen molar-refractivity contribution in [2.45, 2.75) is 105 Å². The molecule has 3 amide bonds. The average Bonchev–Trinajstić information content (AvgIpc) is 2.92. The summed E-state index contributed by atoms with van der Waals surface area (Å²) in [7, 11) is 0. The first-order valence-corrected chi connectivity index (χ1v) is 15.9. The van der Waals surface area contributed by atoms with Crippen molar-refractivity contribution in [3.63, 3.8) is 0 Å². The normalized spacial score (nSPS) is 12.9. The number of hydrogen-bond acceptors (Lipinski definition) is 4. The van der Waals surface area contributed by atoms with Crippen LogP contribution in [0.5, 0.6) is 0 Å². The standard InChI is InChI=1S/C37H51N3O4/c1-9-10-11-14-19-40(35(42)32(20-25(2)3)39-36(43)44-37(6,7)8)33(30-22-26(4)21-27(5)23-30)34(41)38-31-18-17-28-15-12-13-16-29(28)24-31/h12-13,15-18,21-25,32-33H,9-11,14,19-20H2,1-8H3,(H,38,41)(H,39,43). The number of anilines is 1. The molecule has 238 valence electrons. The third-order valence-electron chi connectivity index (χ3n) is 7.37. The number of amides is 3. The van der Waals surface area contributed by atoms with Gasteiger partial charge in [-0.2, -0.15) is 0 Å². The summed E-state index contributed by atoms with van der Waals surface area (Å²) in [5.74, 6) is -0.472. The van der Waals surface area contributed by atoms with E-state index in [1.54, 1.807) is 25.7 Å². The van der Waals surface area contributed by atoms with Crippen LogP contribution in [0.3, 0.4) is 0 Å². The lowest BCUT2D eigenvalue weighted by Gasteiger charge is -2.35. The van der Waals surface area contributed by atoms with Crippen molar-refractivity contribution in [3.8, 4) is 0 Å². The maximum absolute atomic E-state index is 14.5. The minimum Gasteiger partial charge on any atom is -0.444 e. The van der Waals surface area contributed by atoms with Gasteiger partial charge in [0.15, 0.2) is 0 Å². The number of carbonyl (C=O) groups excluding carboxylic acids is 3. The molecule has 0 heterocycles. The predicted molar refractivity (Wildman–Crippen MR) is 180 cm³/mol. The van der Waals surface area contributed by atoms with E-state index in [9.17, 15) is 14.4 Å². The monoisotopic (exact) mass is 601 g/mol. The number of aryl methyl sites for hydroxylation is 2. The first-order valence-electron chi connectivity index (χ1n) is 15.9. The number of fused-ring (bicyclic) bond motifs is 1. The number of nitrogens with zero attached hydrogens (tertiary/aromatic N) is 1. The largest absolute Gasteiger partial charge is 0.444 e. The van der Waals surface area contributed by atoms with E-state index in [1.807, 2.05) is 82.3 Å². The minimum atomic E-state index is -0.899. The number of carbonyl (C=O) groups is 3. The Hall–Kier alpha value is -3.87. The van der Waals surface area contributed by atoms with Crippen LogP contribution in [0.2, 0.25) is 0 Å². The van der Waals surface area contributed by atoms with Crippen molar-refractivity contribution in [2.24, 2.45) is 5.92 Å². The molecule has 0 aliphatic carbocycles. The molecule has 0 fully saturated rings. The zero-order valence-electron chi connectivity index (χ0n) is 27.8. The molecule has 3 aromatic carbocycles. The SMILES string of the molecule is CCCCCCN(C(=O)C(CC(C)C)NC(=O)OC(C)(C)C)C(C(=O)Nc1ccc2ccccc2c1)c1cc(C)cc(C)c1. The highest BCUT2D eigenvalue weighted by molar-refractivity contribution is 6.00. The van der Waals surface area contributed by atoms with E-state index in [1.165, 1.54) is 0 Å². The van der Waals surface area contributed by atoms with Crippen LogP contribution >= 0.6 is 0 Å². The lowest BCUT2D eigenvalue weighted by molar-refractivity contribution is -0.141. The van der Waals surface area contributed by atoms with Crippen LogP contribution < -0.4 is 10.6 Å². The number of hydrogen-bond donors (Lipinski definition) is 2. The van der Waals surface area contributed by atoms with Gasteiger partial charge in [-0.25, -0.2) is 4.79 Å². The fourth-order valence-corrected chi connectivity index (χ4v) is 5.54. The van der Waals surface area contributed by atoms with Gasteiger partial charge in [0.25, 0.3) is 5.91 Å². The molecule has 2 N–H and O–H groups in total. The highest BCUT2D eigenvalue weighted by Gasteiger charge is 2.36. The van der Waals surface area contributed by atoms with E-state index in [-0.39, 0.29) is 17.7 Å². The Kier molecular flexibility index (Phi) is 12.4. The summed E-state index contributed by atoms with van der Waals surface area (Å²) in [5, 5.41) is 8.05. The van der Waals surface area contributed by atoms with Crippen molar-refractivity contribution < 1.29 is 19.1 Å². The number of rotatable bonds is 13. The Morgan fingerprint density at radius 1 is 0.864 bits per heavy atom. The summed E-state index contributed by atoms with van der Waals surface area (Å²) in [6, 6.07) is 18.1. The fourth-order valence-electron chi connectivity index (χ4n) is 5.54.